The van der Waals surface area contributed by atoms with Crippen LogP contribution in [0.2, 0.25) is 0 Å². The van der Waals surface area contributed by atoms with E-state index in [1.54, 1.807) is 14.0 Å². The van der Waals surface area contributed by atoms with Crippen molar-refractivity contribution >= 4 is 11.1 Å². The van der Waals surface area contributed by atoms with Gasteiger partial charge in [0.1, 0.15) is 0 Å². The molecule has 0 amide bonds. The van der Waals surface area contributed by atoms with Crippen LogP contribution in [0.1, 0.15) is 6.92 Å². The summed E-state index contributed by atoms with van der Waals surface area (Å²) < 4.78 is 14.7. The summed E-state index contributed by atoms with van der Waals surface area (Å²) >= 11 is -1.14. The molecule has 0 saturated heterocycles. The van der Waals surface area contributed by atoms with E-state index in [4.69, 9.17) is 0 Å². The van der Waals surface area contributed by atoms with Crippen LogP contribution in [0, 0.1) is 0 Å². The first kappa shape index (κ1) is 7.07. The summed E-state index contributed by atoms with van der Waals surface area (Å²) in [5, 5.41) is 0. The molecule has 1 atom stereocenters. The first-order valence-corrected chi connectivity index (χ1v) is 3.28. The van der Waals surface area contributed by atoms with E-state index in [1.165, 1.54) is 0 Å². The maximum absolute atomic E-state index is 10.2. The van der Waals surface area contributed by atoms with Crippen LogP contribution < -0.4 is 5.48 Å². The molecule has 0 aliphatic carbocycles. The minimum atomic E-state index is -1.14. The average molecular weight is 123 g/mol. The van der Waals surface area contributed by atoms with Crippen LogP contribution in [0.3, 0.4) is 0 Å². The van der Waals surface area contributed by atoms with Crippen molar-refractivity contribution in [1.82, 2.24) is 5.48 Å². The summed E-state index contributed by atoms with van der Waals surface area (Å²) in [4.78, 5) is 0. The van der Waals surface area contributed by atoms with Crippen molar-refractivity contribution in [3.05, 3.63) is 0 Å². The van der Waals surface area contributed by atoms with Crippen LogP contribution >= 0.6 is 0 Å². The van der Waals surface area contributed by atoms with Crippen molar-refractivity contribution in [2.24, 2.45) is 0 Å². The second kappa shape index (κ2) is 4.23. The first-order valence-electron chi connectivity index (χ1n) is 2.03. The van der Waals surface area contributed by atoms with Crippen molar-refractivity contribution in [1.29, 1.82) is 0 Å². The molecular weight excluding hydrogens is 114 g/mol. The topological polar surface area (TPSA) is 38.3 Å². The number of hydrogen-bond acceptors (Lipinski definition) is 3. The molecule has 0 rings (SSSR count). The molecular formula is C3H9NO2S. The fourth-order valence-electron chi connectivity index (χ4n) is 0.152. The highest BCUT2D eigenvalue weighted by Gasteiger charge is 1.88. The molecule has 3 nitrogen and oxygen atoms in total. The lowest BCUT2D eigenvalue weighted by molar-refractivity contribution is 0.252. The molecule has 0 aliphatic heterocycles. The van der Waals surface area contributed by atoms with Gasteiger partial charge in [-0.05, 0) is 0 Å². The summed E-state index contributed by atoms with van der Waals surface area (Å²) in [6.07, 6.45) is 0. The van der Waals surface area contributed by atoms with Crippen molar-refractivity contribution in [2.45, 2.75) is 6.92 Å². The van der Waals surface area contributed by atoms with Gasteiger partial charge in [-0.25, -0.2) is 8.49 Å². The third-order valence-corrected chi connectivity index (χ3v) is 1.24. The van der Waals surface area contributed by atoms with Gasteiger partial charge in [-0.2, -0.15) is 5.48 Å². The molecule has 0 radical (unpaired) electrons. The zero-order valence-corrected chi connectivity index (χ0v) is 5.25. The van der Waals surface area contributed by atoms with E-state index in [2.05, 4.69) is 9.76 Å². The lowest BCUT2D eigenvalue weighted by Crippen LogP contribution is -2.10. The summed E-state index contributed by atoms with van der Waals surface area (Å²) in [5.74, 6) is 0.529. The Morgan fingerprint density at radius 1 is 1.86 bits per heavy atom. The summed E-state index contributed by atoms with van der Waals surface area (Å²) in [7, 11) is 1.58. The van der Waals surface area contributed by atoms with Crippen molar-refractivity contribution in [3.8, 4) is 0 Å². The highest BCUT2D eigenvalue weighted by Crippen LogP contribution is 1.75. The van der Waals surface area contributed by atoms with Crippen LogP contribution in [0.25, 0.3) is 0 Å². The molecule has 0 aromatic rings. The minimum Gasteiger partial charge on any atom is -0.228 e. The second-order valence-electron chi connectivity index (χ2n) is 0.880. The van der Waals surface area contributed by atoms with Crippen LogP contribution in [0.15, 0.2) is 0 Å². The lowest BCUT2D eigenvalue weighted by Gasteiger charge is -1.92. The molecule has 1 unspecified atom stereocenters. The van der Waals surface area contributed by atoms with E-state index in [0.29, 0.717) is 5.75 Å². The van der Waals surface area contributed by atoms with Crippen LogP contribution in [0.4, 0.5) is 0 Å². The monoisotopic (exact) mass is 123 g/mol. The zero-order valence-electron chi connectivity index (χ0n) is 4.43. The van der Waals surface area contributed by atoms with Gasteiger partial charge in [-0.1, -0.05) is 6.92 Å². The number of hydroxylamine groups is 1. The number of hydrogen-bond donors (Lipinski definition) is 1. The third-order valence-electron chi connectivity index (χ3n) is 0.412. The van der Waals surface area contributed by atoms with Crippen LogP contribution in [-0.4, -0.2) is 17.0 Å². The minimum absolute atomic E-state index is 0.529. The Bertz CT molecular complexity index is 66.0. The highest BCUT2D eigenvalue weighted by atomic mass is 32.2. The zero-order chi connectivity index (χ0) is 5.70. The Balaban J connectivity index is 3.00. The second-order valence-corrected chi connectivity index (χ2v) is 2.23. The highest BCUT2D eigenvalue weighted by molar-refractivity contribution is 7.80. The molecule has 0 bridgehead atoms. The Morgan fingerprint density at radius 2 is 2.43 bits per heavy atom. The first-order chi connectivity index (χ1) is 3.31. The van der Waals surface area contributed by atoms with Crippen molar-refractivity contribution in [3.63, 3.8) is 0 Å². The van der Waals surface area contributed by atoms with E-state index >= 15 is 0 Å². The molecule has 44 valence electrons. The normalized spacial score (nSPS) is 14.0. The largest absolute Gasteiger partial charge is 0.228 e. The molecule has 0 aliphatic rings. The Hall–Kier alpha value is 0.0700. The lowest BCUT2D eigenvalue weighted by atomic mass is 11.0. The molecule has 0 heterocycles. The van der Waals surface area contributed by atoms with Gasteiger partial charge < -0.3 is 0 Å². The molecule has 7 heavy (non-hydrogen) atoms. The maximum atomic E-state index is 10.2. The predicted octanol–water partition coefficient (Wildman–Crippen LogP) is -0.179. The van der Waals surface area contributed by atoms with Gasteiger partial charge in [-0.15, -0.1) is 0 Å². The molecule has 4 heteroatoms. The van der Waals surface area contributed by atoms with E-state index in [1.807, 2.05) is 0 Å². The Labute approximate surface area is 45.7 Å². The van der Waals surface area contributed by atoms with E-state index < -0.39 is 11.1 Å². The molecule has 0 aromatic heterocycles. The van der Waals surface area contributed by atoms with Crippen LogP contribution in [-0.2, 0) is 15.4 Å². The standard InChI is InChI=1S/C3H9NO2S/c1-3-7(5)6-4-2/h4H,3H2,1-2H3. The Morgan fingerprint density at radius 3 is 2.57 bits per heavy atom. The summed E-state index contributed by atoms with van der Waals surface area (Å²) in [5.41, 5.74) is 2.32. The van der Waals surface area contributed by atoms with E-state index in [0.717, 1.165) is 0 Å². The van der Waals surface area contributed by atoms with Gasteiger partial charge in [0.25, 0.3) is 0 Å². The third kappa shape index (κ3) is 3.91. The van der Waals surface area contributed by atoms with E-state index in [-0.39, 0.29) is 0 Å². The smallest absolute Gasteiger partial charge is 0.172 e. The quantitative estimate of drug-likeness (QED) is 0.529. The fraction of sp³-hybridized carbons (Fsp3) is 1.00. The summed E-state index contributed by atoms with van der Waals surface area (Å²) in [6.45, 7) is 1.79. The van der Waals surface area contributed by atoms with E-state index in [9.17, 15) is 4.21 Å². The van der Waals surface area contributed by atoms with Crippen molar-refractivity contribution < 1.29 is 8.49 Å². The SMILES string of the molecule is CCS(=O)ONC. The number of nitrogens with one attached hydrogen (secondary N) is 1. The molecule has 0 saturated carbocycles. The predicted molar refractivity (Wildman–Crippen MR) is 28.8 cm³/mol. The van der Waals surface area contributed by atoms with Gasteiger partial charge in [0, 0.05) is 12.8 Å². The Kier molecular flexibility index (Phi) is 4.28. The fourth-order valence-corrected chi connectivity index (χ4v) is 0.456. The van der Waals surface area contributed by atoms with Gasteiger partial charge in [0.15, 0.2) is 11.1 Å². The van der Waals surface area contributed by atoms with Gasteiger partial charge in [0.2, 0.25) is 0 Å². The van der Waals surface area contributed by atoms with Gasteiger partial charge in [0.05, 0.1) is 0 Å². The number of rotatable bonds is 3. The molecule has 0 aromatic carbocycles. The average Bonchev–Trinajstić information content (AvgIpc) is 1.68. The maximum Gasteiger partial charge on any atom is 0.172 e. The molecule has 0 fully saturated rings. The molecule has 1 N–H and O–H groups in total. The van der Waals surface area contributed by atoms with Crippen LogP contribution in [0.5, 0.6) is 0 Å². The van der Waals surface area contributed by atoms with Gasteiger partial charge in [-0.3, -0.25) is 0 Å². The molecule has 0 spiro atoms. The van der Waals surface area contributed by atoms with Crippen molar-refractivity contribution in [2.75, 3.05) is 12.8 Å². The van der Waals surface area contributed by atoms with Gasteiger partial charge >= 0.3 is 0 Å². The summed E-state index contributed by atoms with van der Waals surface area (Å²) in [6, 6.07) is 0.